The first-order valence-corrected chi connectivity index (χ1v) is 7.55. The molecule has 1 aliphatic carbocycles. The number of oxazole rings is 1. The van der Waals surface area contributed by atoms with Crippen molar-refractivity contribution in [3.05, 3.63) is 66.7 Å². The zero-order chi connectivity index (χ0) is 16.2. The van der Waals surface area contributed by atoms with Crippen LogP contribution in [0.2, 0.25) is 0 Å². The molecule has 0 saturated heterocycles. The molecule has 0 saturated carbocycles. The van der Waals surface area contributed by atoms with E-state index in [1.807, 2.05) is 30.3 Å². The maximum absolute atomic E-state index is 9.11. The van der Waals surface area contributed by atoms with E-state index in [2.05, 4.69) is 29.2 Å². The van der Waals surface area contributed by atoms with Gasteiger partial charge in [0.2, 0.25) is 5.89 Å². The minimum absolute atomic E-state index is 0.115. The summed E-state index contributed by atoms with van der Waals surface area (Å²) < 4.78 is 5.96. The van der Waals surface area contributed by atoms with Gasteiger partial charge < -0.3 is 4.42 Å². The zero-order valence-electron chi connectivity index (χ0n) is 12.8. The van der Waals surface area contributed by atoms with Gasteiger partial charge >= 0.3 is 0 Å². The number of allylic oxidation sites excluding steroid dienone is 1. The number of nitriles is 1. The maximum Gasteiger partial charge on any atom is 0.226 e. The fourth-order valence-electron chi connectivity index (χ4n) is 2.90. The molecule has 1 aromatic heterocycles. The first-order chi connectivity index (χ1) is 11.2. The van der Waals surface area contributed by atoms with Gasteiger partial charge in [-0.25, -0.2) is 4.98 Å². The average Bonchev–Trinajstić information content (AvgIpc) is 3.03. The normalized spacial score (nSPS) is 17.2. The van der Waals surface area contributed by atoms with Crippen molar-refractivity contribution in [1.82, 2.24) is 4.98 Å². The summed E-state index contributed by atoms with van der Waals surface area (Å²) >= 11 is 0. The largest absolute Gasteiger partial charge is 0.441 e. The summed E-state index contributed by atoms with van der Waals surface area (Å²) in [5.74, 6) is 1.64. The second-order valence-electron chi connectivity index (χ2n) is 5.48. The Balaban J connectivity index is 1.88. The topological polar surface area (TPSA) is 62.2 Å². The number of aliphatic imine (C=N–C) groups is 1. The van der Waals surface area contributed by atoms with E-state index in [9.17, 15) is 0 Å². The zero-order valence-corrected chi connectivity index (χ0v) is 12.8. The van der Waals surface area contributed by atoms with Gasteiger partial charge in [0.25, 0.3) is 0 Å². The van der Waals surface area contributed by atoms with Gasteiger partial charge in [0.1, 0.15) is 11.8 Å². The lowest BCUT2D eigenvalue weighted by molar-refractivity contribution is 0.456. The number of nitrogens with zero attached hydrogens (tertiary/aromatic N) is 3. The lowest BCUT2D eigenvalue weighted by atomic mass is 9.84. The first kappa shape index (κ1) is 15.0. The molecule has 1 heterocycles. The number of hydrogen-bond donors (Lipinski definition) is 0. The lowest BCUT2D eigenvalue weighted by Gasteiger charge is -2.21. The van der Waals surface area contributed by atoms with Crippen LogP contribution in [0, 0.1) is 17.2 Å². The van der Waals surface area contributed by atoms with E-state index in [0.717, 1.165) is 29.9 Å². The van der Waals surface area contributed by atoms with Gasteiger partial charge in [-0.3, -0.25) is 4.99 Å². The van der Waals surface area contributed by atoms with Crippen LogP contribution in [0.1, 0.15) is 17.9 Å². The van der Waals surface area contributed by atoms with Gasteiger partial charge in [-0.15, -0.1) is 0 Å². The standard InChI is InChI=1S/C19H17N3O/c1-3-21-18(13(2)12-20)15-9-10-16-17(11-15)23-19(22-16)14-7-5-4-6-8-14/h3-8,15H,1-2,9-11H2. The summed E-state index contributed by atoms with van der Waals surface area (Å²) in [5.41, 5.74) is 3.06. The lowest BCUT2D eigenvalue weighted by Crippen LogP contribution is -2.23. The Hall–Kier alpha value is -2.93. The summed E-state index contributed by atoms with van der Waals surface area (Å²) in [6, 6.07) is 11.9. The summed E-state index contributed by atoms with van der Waals surface area (Å²) in [4.78, 5) is 8.86. The van der Waals surface area contributed by atoms with Crippen molar-refractivity contribution < 1.29 is 4.42 Å². The monoisotopic (exact) mass is 303 g/mol. The first-order valence-electron chi connectivity index (χ1n) is 7.55. The fourth-order valence-corrected chi connectivity index (χ4v) is 2.90. The molecule has 0 spiro atoms. The van der Waals surface area contributed by atoms with Crippen LogP contribution in [-0.2, 0) is 12.8 Å². The number of fused-ring (bicyclic) bond motifs is 1. The molecule has 0 fully saturated rings. The molecule has 0 aliphatic heterocycles. The Morgan fingerprint density at radius 1 is 1.39 bits per heavy atom. The Morgan fingerprint density at radius 2 is 2.17 bits per heavy atom. The molecule has 4 nitrogen and oxygen atoms in total. The van der Waals surface area contributed by atoms with Crippen molar-refractivity contribution >= 4 is 5.71 Å². The third-order valence-corrected chi connectivity index (χ3v) is 4.02. The highest BCUT2D eigenvalue weighted by Gasteiger charge is 2.28. The van der Waals surface area contributed by atoms with E-state index in [-0.39, 0.29) is 5.92 Å². The average molecular weight is 303 g/mol. The summed E-state index contributed by atoms with van der Waals surface area (Å²) in [7, 11) is 0. The number of aryl methyl sites for hydroxylation is 1. The number of hydrogen-bond acceptors (Lipinski definition) is 4. The van der Waals surface area contributed by atoms with Crippen molar-refractivity contribution in [2.75, 3.05) is 0 Å². The SMILES string of the molecule is C=CN=C(C(=C)C#N)C1CCc2nc(-c3ccccc3)oc2C1. The Bertz CT molecular complexity index is 809. The van der Waals surface area contributed by atoms with E-state index in [4.69, 9.17) is 9.68 Å². The number of rotatable bonds is 4. The van der Waals surface area contributed by atoms with Gasteiger partial charge in [0.15, 0.2) is 0 Å². The summed E-state index contributed by atoms with van der Waals surface area (Å²) in [6.07, 6.45) is 3.83. The smallest absolute Gasteiger partial charge is 0.226 e. The van der Waals surface area contributed by atoms with Crippen LogP contribution in [-0.4, -0.2) is 10.7 Å². The molecule has 1 aromatic carbocycles. The van der Waals surface area contributed by atoms with Crippen molar-refractivity contribution in [3.8, 4) is 17.5 Å². The molecule has 2 aromatic rings. The molecule has 0 radical (unpaired) electrons. The molecule has 0 amide bonds. The number of benzene rings is 1. The van der Waals surface area contributed by atoms with E-state index in [1.54, 1.807) is 0 Å². The van der Waals surface area contributed by atoms with Gasteiger partial charge in [0.05, 0.1) is 17.0 Å². The van der Waals surface area contributed by atoms with Gasteiger partial charge in [-0.1, -0.05) is 31.4 Å². The second-order valence-corrected chi connectivity index (χ2v) is 5.48. The van der Waals surface area contributed by atoms with E-state index < -0.39 is 0 Å². The molecular formula is C19H17N3O. The number of aromatic nitrogens is 1. The molecule has 0 N–H and O–H groups in total. The van der Waals surface area contributed by atoms with Crippen molar-refractivity contribution in [2.24, 2.45) is 10.9 Å². The molecular weight excluding hydrogens is 286 g/mol. The highest BCUT2D eigenvalue weighted by Crippen LogP contribution is 2.31. The van der Waals surface area contributed by atoms with Crippen molar-refractivity contribution in [2.45, 2.75) is 19.3 Å². The highest BCUT2D eigenvalue weighted by atomic mass is 16.4. The molecule has 1 unspecified atom stereocenters. The second kappa shape index (κ2) is 6.45. The predicted octanol–water partition coefficient (Wildman–Crippen LogP) is 4.11. The molecule has 1 aliphatic rings. The molecule has 23 heavy (non-hydrogen) atoms. The van der Waals surface area contributed by atoms with Crippen LogP contribution in [0.5, 0.6) is 0 Å². The van der Waals surface area contributed by atoms with Crippen LogP contribution in [0.4, 0.5) is 0 Å². The van der Waals surface area contributed by atoms with Crippen molar-refractivity contribution in [3.63, 3.8) is 0 Å². The summed E-state index contributed by atoms with van der Waals surface area (Å²) in [6.45, 7) is 7.42. The highest BCUT2D eigenvalue weighted by molar-refractivity contribution is 6.05. The van der Waals surface area contributed by atoms with E-state index >= 15 is 0 Å². The van der Waals surface area contributed by atoms with Crippen LogP contribution in [0.25, 0.3) is 11.5 Å². The van der Waals surface area contributed by atoms with Crippen molar-refractivity contribution in [1.29, 1.82) is 5.26 Å². The fraction of sp³-hybridized carbons (Fsp3) is 0.211. The molecule has 3 rings (SSSR count). The molecule has 4 heteroatoms. The van der Waals surface area contributed by atoms with Crippen LogP contribution in [0.15, 0.2) is 64.7 Å². The van der Waals surface area contributed by atoms with E-state index in [1.165, 1.54) is 6.20 Å². The van der Waals surface area contributed by atoms with Gasteiger partial charge in [-0.2, -0.15) is 5.26 Å². The van der Waals surface area contributed by atoms with Gasteiger partial charge in [-0.05, 0) is 25.0 Å². The van der Waals surface area contributed by atoms with E-state index in [0.29, 0.717) is 23.6 Å². The third kappa shape index (κ3) is 3.00. The van der Waals surface area contributed by atoms with Crippen LogP contribution >= 0.6 is 0 Å². The minimum Gasteiger partial charge on any atom is -0.441 e. The van der Waals surface area contributed by atoms with Crippen LogP contribution < -0.4 is 0 Å². The Labute approximate surface area is 135 Å². The molecule has 0 bridgehead atoms. The van der Waals surface area contributed by atoms with Crippen LogP contribution in [0.3, 0.4) is 0 Å². The summed E-state index contributed by atoms with van der Waals surface area (Å²) in [5, 5.41) is 9.11. The Kier molecular flexibility index (Phi) is 4.20. The Morgan fingerprint density at radius 3 is 2.87 bits per heavy atom. The quantitative estimate of drug-likeness (QED) is 0.630. The molecule has 114 valence electrons. The van der Waals surface area contributed by atoms with Gasteiger partial charge in [0, 0.05) is 24.1 Å². The molecule has 1 atom stereocenters. The predicted molar refractivity (Wildman–Crippen MR) is 89.8 cm³/mol. The third-order valence-electron chi connectivity index (χ3n) is 4.02. The minimum atomic E-state index is 0.115. The maximum atomic E-state index is 9.11.